The van der Waals surface area contributed by atoms with Gasteiger partial charge in [-0.05, 0) is 79.2 Å². The fourth-order valence-electron chi connectivity index (χ4n) is 5.64. The topological polar surface area (TPSA) is 0 Å². The first-order chi connectivity index (χ1) is 10.3. The molecule has 0 aromatic heterocycles. The van der Waals surface area contributed by atoms with Crippen LogP contribution in [0.5, 0.6) is 0 Å². The molecule has 0 N–H and O–H groups in total. The molecule has 4 aliphatic carbocycles. The maximum Gasteiger partial charge on any atom is 0.0215 e. The van der Waals surface area contributed by atoms with E-state index in [1.165, 1.54) is 54.2 Å². The monoisotopic (exact) mass is 294 g/mol. The second kappa shape index (κ2) is 4.52. The molecule has 1 heteroatoms. The average molecular weight is 294 g/mol. The van der Waals surface area contributed by atoms with E-state index in [0.717, 1.165) is 17.8 Å². The minimum absolute atomic E-state index is 0.581. The lowest BCUT2D eigenvalue weighted by Gasteiger charge is -2.56. The second-order valence-corrected chi connectivity index (χ2v) is 9.25. The Morgan fingerprint density at radius 3 is 2.05 bits per heavy atom. The molecule has 21 heavy (non-hydrogen) atoms. The molecule has 0 atom stereocenters. The summed E-state index contributed by atoms with van der Waals surface area (Å²) in [6, 6.07) is 15.8. The molecule has 0 amide bonds. The molecule has 4 fully saturated rings. The zero-order valence-corrected chi connectivity index (χ0v) is 13.2. The molecule has 4 bridgehead atoms. The summed E-state index contributed by atoms with van der Waals surface area (Å²) in [6.07, 6.45) is 9.07. The summed E-state index contributed by atoms with van der Waals surface area (Å²) in [5, 5.41) is 2.76. The first-order valence-corrected chi connectivity index (χ1v) is 9.28. The SMILES string of the molecule is c1ccc2cc(SC34CC5CC(CC(C5)C3)C4)ccc2c1. The van der Waals surface area contributed by atoms with Gasteiger partial charge in [-0.1, -0.05) is 30.3 Å². The molecule has 0 radical (unpaired) electrons. The predicted octanol–water partition coefficient (Wildman–Crippen LogP) is 5.90. The Balaban J connectivity index is 1.48. The first kappa shape index (κ1) is 12.6. The van der Waals surface area contributed by atoms with Crippen LogP contribution in [0.1, 0.15) is 38.5 Å². The number of thioether (sulfide) groups is 1. The molecule has 0 aliphatic heterocycles. The number of fused-ring (bicyclic) bond motifs is 1. The van der Waals surface area contributed by atoms with Crippen molar-refractivity contribution < 1.29 is 0 Å². The van der Waals surface area contributed by atoms with Crippen molar-refractivity contribution >= 4 is 22.5 Å². The van der Waals surface area contributed by atoms with Crippen LogP contribution in [0.2, 0.25) is 0 Å². The largest absolute Gasteiger partial charge is 0.119 e. The first-order valence-electron chi connectivity index (χ1n) is 8.46. The summed E-state index contributed by atoms with van der Waals surface area (Å²) in [6.45, 7) is 0. The van der Waals surface area contributed by atoms with E-state index >= 15 is 0 Å². The lowest BCUT2D eigenvalue weighted by Crippen LogP contribution is -2.48. The lowest BCUT2D eigenvalue weighted by molar-refractivity contribution is 0.0383. The standard InChI is InChI=1S/C20H22S/c1-2-4-18-10-19(6-5-17(18)3-1)21-20-11-14-7-15(12-20)9-16(8-14)13-20/h1-6,10,14-16H,7-9,11-13H2. The number of hydrogen-bond donors (Lipinski definition) is 0. The number of benzene rings is 2. The lowest BCUT2D eigenvalue weighted by atomic mass is 9.56. The Bertz CT molecular complexity index is 652. The van der Waals surface area contributed by atoms with Crippen LogP contribution in [-0.4, -0.2) is 4.75 Å². The van der Waals surface area contributed by atoms with Gasteiger partial charge in [-0.25, -0.2) is 0 Å². The van der Waals surface area contributed by atoms with Gasteiger partial charge in [-0.3, -0.25) is 0 Å². The van der Waals surface area contributed by atoms with E-state index < -0.39 is 0 Å². The molecule has 108 valence electrons. The molecular formula is C20H22S. The van der Waals surface area contributed by atoms with Crippen molar-refractivity contribution in [2.24, 2.45) is 17.8 Å². The summed E-state index contributed by atoms with van der Waals surface area (Å²) in [4.78, 5) is 1.50. The predicted molar refractivity (Wildman–Crippen MR) is 90.7 cm³/mol. The molecule has 0 spiro atoms. The van der Waals surface area contributed by atoms with Gasteiger partial charge in [0.25, 0.3) is 0 Å². The number of hydrogen-bond acceptors (Lipinski definition) is 1. The van der Waals surface area contributed by atoms with Gasteiger partial charge >= 0.3 is 0 Å². The van der Waals surface area contributed by atoms with Crippen LogP contribution < -0.4 is 0 Å². The minimum atomic E-state index is 0.581. The van der Waals surface area contributed by atoms with Crippen LogP contribution >= 0.6 is 11.8 Å². The van der Waals surface area contributed by atoms with E-state index in [2.05, 4.69) is 54.2 Å². The van der Waals surface area contributed by atoms with Gasteiger partial charge in [0, 0.05) is 9.64 Å². The molecule has 2 aromatic carbocycles. The van der Waals surface area contributed by atoms with Gasteiger partial charge in [0.05, 0.1) is 0 Å². The molecule has 0 nitrogen and oxygen atoms in total. The molecule has 0 saturated heterocycles. The van der Waals surface area contributed by atoms with Crippen molar-refractivity contribution in [2.75, 3.05) is 0 Å². The quantitative estimate of drug-likeness (QED) is 0.664. The molecule has 4 saturated carbocycles. The Labute approximate surface area is 131 Å². The highest BCUT2D eigenvalue weighted by Crippen LogP contribution is 2.61. The highest BCUT2D eigenvalue weighted by Gasteiger charge is 2.51. The van der Waals surface area contributed by atoms with E-state index in [9.17, 15) is 0 Å². The molecule has 6 rings (SSSR count). The van der Waals surface area contributed by atoms with Gasteiger partial charge in [-0.2, -0.15) is 0 Å². The van der Waals surface area contributed by atoms with Crippen LogP contribution in [0.4, 0.5) is 0 Å². The van der Waals surface area contributed by atoms with Crippen molar-refractivity contribution in [3.05, 3.63) is 42.5 Å². The maximum atomic E-state index is 2.42. The fourth-order valence-corrected chi connectivity index (χ4v) is 7.42. The van der Waals surface area contributed by atoms with Crippen molar-refractivity contribution in [3.8, 4) is 0 Å². The minimum Gasteiger partial charge on any atom is -0.119 e. The molecule has 0 unspecified atom stereocenters. The third-order valence-corrected chi connectivity index (χ3v) is 7.46. The number of rotatable bonds is 2. The summed E-state index contributed by atoms with van der Waals surface area (Å²) >= 11 is 2.22. The van der Waals surface area contributed by atoms with Gasteiger partial charge < -0.3 is 0 Å². The second-order valence-electron chi connectivity index (χ2n) is 7.71. The van der Waals surface area contributed by atoms with E-state index in [1.54, 1.807) is 0 Å². The third-order valence-electron chi connectivity index (χ3n) is 6.04. The summed E-state index contributed by atoms with van der Waals surface area (Å²) < 4.78 is 0.581. The van der Waals surface area contributed by atoms with Crippen LogP contribution in [0.25, 0.3) is 10.8 Å². The van der Waals surface area contributed by atoms with E-state index in [-0.39, 0.29) is 0 Å². The smallest absolute Gasteiger partial charge is 0.0215 e. The summed E-state index contributed by atoms with van der Waals surface area (Å²) in [5.41, 5.74) is 0. The molecule has 0 heterocycles. The zero-order chi connectivity index (χ0) is 13.9. The zero-order valence-electron chi connectivity index (χ0n) is 12.4. The fraction of sp³-hybridized carbons (Fsp3) is 0.500. The van der Waals surface area contributed by atoms with Gasteiger partial charge in [0.15, 0.2) is 0 Å². The van der Waals surface area contributed by atoms with Crippen LogP contribution in [0.15, 0.2) is 47.4 Å². The van der Waals surface area contributed by atoms with E-state index in [1.807, 2.05) is 0 Å². The van der Waals surface area contributed by atoms with Crippen molar-refractivity contribution in [1.29, 1.82) is 0 Å². The third kappa shape index (κ3) is 2.12. The summed E-state index contributed by atoms with van der Waals surface area (Å²) in [7, 11) is 0. The Hall–Kier alpha value is -0.950. The van der Waals surface area contributed by atoms with E-state index in [0.29, 0.717) is 4.75 Å². The van der Waals surface area contributed by atoms with Gasteiger partial charge in [-0.15, -0.1) is 11.8 Å². The normalized spacial score (nSPS) is 37.2. The highest BCUT2D eigenvalue weighted by atomic mass is 32.2. The van der Waals surface area contributed by atoms with Crippen molar-refractivity contribution in [3.63, 3.8) is 0 Å². The molecule has 2 aromatic rings. The Morgan fingerprint density at radius 2 is 1.38 bits per heavy atom. The summed E-state index contributed by atoms with van der Waals surface area (Å²) in [5.74, 6) is 3.14. The Morgan fingerprint density at radius 1 is 0.762 bits per heavy atom. The maximum absolute atomic E-state index is 2.42. The van der Waals surface area contributed by atoms with Gasteiger partial charge in [0.1, 0.15) is 0 Å². The van der Waals surface area contributed by atoms with Gasteiger partial charge in [0.2, 0.25) is 0 Å². The Kier molecular flexibility index (Phi) is 2.71. The van der Waals surface area contributed by atoms with Crippen LogP contribution in [0.3, 0.4) is 0 Å². The highest BCUT2D eigenvalue weighted by molar-refractivity contribution is 8.00. The molecular weight excluding hydrogens is 272 g/mol. The van der Waals surface area contributed by atoms with E-state index in [4.69, 9.17) is 0 Å². The van der Waals surface area contributed by atoms with Crippen LogP contribution in [0, 0.1) is 17.8 Å². The van der Waals surface area contributed by atoms with Crippen LogP contribution in [-0.2, 0) is 0 Å². The van der Waals surface area contributed by atoms with Crippen molar-refractivity contribution in [2.45, 2.75) is 48.2 Å². The van der Waals surface area contributed by atoms with Crippen molar-refractivity contribution in [1.82, 2.24) is 0 Å². The average Bonchev–Trinajstić information content (AvgIpc) is 2.45. The molecule has 4 aliphatic rings.